The van der Waals surface area contributed by atoms with Crippen molar-refractivity contribution in [3.05, 3.63) is 71.8 Å². The van der Waals surface area contributed by atoms with Gasteiger partial charge in [-0.3, -0.25) is 9.63 Å². The standard InChI is InChI=1S/C19H22N2O4/c1-2-25-21-18(22)17(13-15-9-5-3-6-10-15)20-19(23)24-14-16-11-7-4-8-12-16/h3-12,17H,2,13-14H2,1H3,(H,20,23)(H,21,22)/t17-/m1/s1. The van der Waals surface area contributed by atoms with E-state index in [1.54, 1.807) is 6.92 Å². The van der Waals surface area contributed by atoms with Gasteiger partial charge in [0.2, 0.25) is 0 Å². The molecule has 2 N–H and O–H groups in total. The predicted molar refractivity (Wildman–Crippen MR) is 93.5 cm³/mol. The quantitative estimate of drug-likeness (QED) is 0.723. The van der Waals surface area contributed by atoms with Gasteiger partial charge in [0.05, 0.1) is 6.61 Å². The molecule has 0 saturated carbocycles. The Morgan fingerprint density at radius 3 is 2.16 bits per heavy atom. The third kappa shape index (κ3) is 6.64. The lowest BCUT2D eigenvalue weighted by atomic mass is 10.1. The molecule has 0 radical (unpaired) electrons. The van der Waals surface area contributed by atoms with Gasteiger partial charge in [-0.15, -0.1) is 0 Å². The highest BCUT2D eigenvalue weighted by Gasteiger charge is 2.22. The topological polar surface area (TPSA) is 76.7 Å². The summed E-state index contributed by atoms with van der Waals surface area (Å²) >= 11 is 0. The number of alkyl carbamates (subject to hydrolysis) is 1. The van der Waals surface area contributed by atoms with Crippen molar-refractivity contribution >= 4 is 12.0 Å². The first-order valence-electron chi connectivity index (χ1n) is 8.12. The molecular formula is C19H22N2O4. The zero-order valence-corrected chi connectivity index (χ0v) is 14.1. The maximum absolute atomic E-state index is 12.2. The molecule has 0 saturated heterocycles. The fourth-order valence-electron chi connectivity index (χ4n) is 2.18. The first kappa shape index (κ1) is 18.5. The molecule has 2 rings (SSSR count). The number of carbonyl (C=O) groups is 2. The predicted octanol–water partition coefficient (Wildman–Crippen LogP) is 2.59. The first-order valence-corrected chi connectivity index (χ1v) is 8.12. The highest BCUT2D eigenvalue weighted by atomic mass is 16.6. The Hall–Kier alpha value is -2.86. The third-order valence-corrected chi connectivity index (χ3v) is 3.42. The van der Waals surface area contributed by atoms with E-state index in [0.717, 1.165) is 11.1 Å². The minimum atomic E-state index is -0.794. The number of nitrogens with one attached hydrogen (secondary N) is 2. The summed E-state index contributed by atoms with van der Waals surface area (Å²) in [5.41, 5.74) is 4.11. The van der Waals surface area contributed by atoms with E-state index in [0.29, 0.717) is 13.0 Å². The molecule has 0 heterocycles. The Balaban J connectivity index is 1.94. The van der Waals surface area contributed by atoms with Crippen LogP contribution in [-0.4, -0.2) is 24.6 Å². The molecule has 2 amide bonds. The molecule has 2 aromatic carbocycles. The SMILES string of the molecule is CCONC(=O)[C@@H](Cc1ccccc1)NC(=O)OCc1ccccc1. The lowest BCUT2D eigenvalue weighted by molar-refractivity contribution is -0.135. The number of carbonyl (C=O) groups excluding carboxylic acids is 2. The van der Waals surface area contributed by atoms with Gasteiger partial charge in [0.25, 0.3) is 5.91 Å². The molecule has 0 aliphatic rings. The van der Waals surface area contributed by atoms with E-state index in [4.69, 9.17) is 9.57 Å². The molecule has 6 nitrogen and oxygen atoms in total. The molecule has 0 aliphatic carbocycles. The second kappa shape index (κ2) is 10.1. The van der Waals surface area contributed by atoms with Gasteiger partial charge in [0, 0.05) is 6.42 Å². The average Bonchev–Trinajstić information content (AvgIpc) is 2.65. The number of hydrogen-bond donors (Lipinski definition) is 2. The molecule has 0 aliphatic heterocycles. The van der Waals surface area contributed by atoms with Gasteiger partial charge < -0.3 is 10.1 Å². The normalized spacial score (nSPS) is 11.4. The molecule has 0 spiro atoms. The fraction of sp³-hybridized carbons (Fsp3) is 0.263. The Morgan fingerprint density at radius 1 is 0.960 bits per heavy atom. The second-order valence-corrected chi connectivity index (χ2v) is 5.35. The van der Waals surface area contributed by atoms with Crippen LogP contribution in [0.5, 0.6) is 0 Å². The fourth-order valence-corrected chi connectivity index (χ4v) is 2.18. The number of hydroxylamine groups is 1. The lowest BCUT2D eigenvalue weighted by Crippen LogP contribution is -2.48. The van der Waals surface area contributed by atoms with Crippen LogP contribution in [0.15, 0.2) is 60.7 Å². The van der Waals surface area contributed by atoms with Gasteiger partial charge in [-0.1, -0.05) is 60.7 Å². The minimum absolute atomic E-state index is 0.137. The van der Waals surface area contributed by atoms with E-state index < -0.39 is 18.0 Å². The summed E-state index contributed by atoms with van der Waals surface area (Å²) in [5.74, 6) is -0.428. The van der Waals surface area contributed by atoms with Crippen molar-refractivity contribution in [2.45, 2.75) is 26.0 Å². The molecular weight excluding hydrogens is 320 g/mol. The Labute approximate surface area is 147 Å². The highest BCUT2D eigenvalue weighted by molar-refractivity contribution is 5.85. The van der Waals surface area contributed by atoms with Gasteiger partial charge in [-0.05, 0) is 18.1 Å². The summed E-state index contributed by atoms with van der Waals surface area (Å²) < 4.78 is 5.18. The summed E-state index contributed by atoms with van der Waals surface area (Å²) in [5, 5.41) is 2.59. The molecule has 0 unspecified atom stereocenters. The van der Waals surface area contributed by atoms with E-state index in [1.807, 2.05) is 60.7 Å². The van der Waals surface area contributed by atoms with Crippen LogP contribution in [0.3, 0.4) is 0 Å². The van der Waals surface area contributed by atoms with Crippen LogP contribution >= 0.6 is 0 Å². The van der Waals surface area contributed by atoms with Crippen LogP contribution in [0.1, 0.15) is 18.1 Å². The van der Waals surface area contributed by atoms with Crippen LogP contribution in [0.2, 0.25) is 0 Å². The maximum Gasteiger partial charge on any atom is 0.408 e. The summed E-state index contributed by atoms with van der Waals surface area (Å²) in [6.07, 6.45) is -0.323. The van der Waals surface area contributed by atoms with Gasteiger partial charge in [0.15, 0.2) is 0 Å². The number of ether oxygens (including phenoxy) is 1. The van der Waals surface area contributed by atoms with Crippen molar-refractivity contribution in [3.8, 4) is 0 Å². The van der Waals surface area contributed by atoms with Crippen LogP contribution in [0.25, 0.3) is 0 Å². The molecule has 0 aromatic heterocycles. The van der Waals surface area contributed by atoms with E-state index >= 15 is 0 Å². The molecule has 2 aromatic rings. The van der Waals surface area contributed by atoms with Crippen LogP contribution < -0.4 is 10.8 Å². The molecule has 25 heavy (non-hydrogen) atoms. The monoisotopic (exact) mass is 342 g/mol. The van der Waals surface area contributed by atoms with Crippen LogP contribution in [0.4, 0.5) is 4.79 Å². The molecule has 132 valence electrons. The first-order chi connectivity index (χ1) is 12.2. The van der Waals surface area contributed by atoms with Crippen molar-refractivity contribution in [1.82, 2.24) is 10.8 Å². The zero-order chi connectivity index (χ0) is 17.9. The molecule has 6 heteroatoms. The van der Waals surface area contributed by atoms with E-state index in [9.17, 15) is 9.59 Å². The number of benzene rings is 2. The van der Waals surface area contributed by atoms with Gasteiger partial charge >= 0.3 is 6.09 Å². The smallest absolute Gasteiger partial charge is 0.408 e. The van der Waals surface area contributed by atoms with Gasteiger partial charge in [-0.25, -0.2) is 10.3 Å². The average molecular weight is 342 g/mol. The molecule has 0 bridgehead atoms. The number of rotatable bonds is 8. The van der Waals surface area contributed by atoms with Crippen molar-refractivity contribution < 1.29 is 19.2 Å². The largest absolute Gasteiger partial charge is 0.445 e. The zero-order valence-electron chi connectivity index (χ0n) is 14.1. The minimum Gasteiger partial charge on any atom is -0.445 e. The number of hydrogen-bond acceptors (Lipinski definition) is 4. The van der Waals surface area contributed by atoms with E-state index in [2.05, 4.69) is 10.8 Å². The Bertz CT molecular complexity index is 662. The third-order valence-electron chi connectivity index (χ3n) is 3.42. The summed E-state index contributed by atoms with van der Waals surface area (Å²) in [6.45, 7) is 2.23. The van der Waals surface area contributed by atoms with E-state index in [-0.39, 0.29) is 6.61 Å². The van der Waals surface area contributed by atoms with Crippen molar-refractivity contribution in [2.75, 3.05) is 6.61 Å². The molecule has 0 fully saturated rings. The van der Waals surface area contributed by atoms with Crippen LogP contribution in [-0.2, 0) is 27.4 Å². The van der Waals surface area contributed by atoms with Crippen molar-refractivity contribution in [2.24, 2.45) is 0 Å². The second-order valence-electron chi connectivity index (χ2n) is 5.35. The highest BCUT2D eigenvalue weighted by Crippen LogP contribution is 2.05. The Kier molecular flexibility index (Phi) is 7.46. The van der Waals surface area contributed by atoms with E-state index in [1.165, 1.54) is 0 Å². The summed E-state index contributed by atoms with van der Waals surface area (Å²) in [4.78, 5) is 29.2. The maximum atomic E-state index is 12.2. The van der Waals surface area contributed by atoms with Crippen molar-refractivity contribution in [3.63, 3.8) is 0 Å². The number of amides is 2. The van der Waals surface area contributed by atoms with Gasteiger partial charge in [0.1, 0.15) is 12.6 Å². The van der Waals surface area contributed by atoms with Crippen molar-refractivity contribution in [1.29, 1.82) is 0 Å². The van der Waals surface area contributed by atoms with Crippen LogP contribution in [0, 0.1) is 0 Å². The molecule has 1 atom stereocenters. The van der Waals surface area contributed by atoms with Gasteiger partial charge in [-0.2, -0.15) is 0 Å². The lowest BCUT2D eigenvalue weighted by Gasteiger charge is -2.18. The summed E-state index contributed by atoms with van der Waals surface area (Å²) in [7, 11) is 0. The summed E-state index contributed by atoms with van der Waals surface area (Å²) in [6, 6.07) is 18.0. The Morgan fingerprint density at radius 2 is 1.56 bits per heavy atom.